The lowest BCUT2D eigenvalue weighted by Gasteiger charge is -2.24. The number of anilines is 2. The zero-order chi connectivity index (χ0) is 14.8. The smallest absolute Gasteiger partial charge is 0.248 e. The first kappa shape index (κ1) is 15.3. The maximum atomic E-state index is 11.6. The first-order chi connectivity index (χ1) is 8.54. The average molecular weight is 285 g/mol. The van der Waals surface area contributed by atoms with E-state index >= 15 is 0 Å². The van der Waals surface area contributed by atoms with Crippen LogP contribution in [0.1, 0.15) is 24.2 Å². The van der Waals surface area contributed by atoms with E-state index in [9.17, 15) is 13.2 Å². The molecule has 0 saturated carbocycles. The van der Waals surface area contributed by atoms with Gasteiger partial charge in [0.1, 0.15) is 0 Å². The lowest BCUT2D eigenvalue weighted by molar-refractivity contribution is 0.100. The van der Waals surface area contributed by atoms with Crippen LogP contribution in [0.5, 0.6) is 0 Å². The van der Waals surface area contributed by atoms with Crippen molar-refractivity contribution in [2.24, 2.45) is 5.73 Å². The van der Waals surface area contributed by atoms with Crippen molar-refractivity contribution in [3.63, 3.8) is 0 Å². The van der Waals surface area contributed by atoms with Gasteiger partial charge in [-0.15, -0.1) is 0 Å². The second-order valence-electron chi connectivity index (χ2n) is 5.05. The molecule has 1 aromatic carbocycles. The Kier molecular flexibility index (Phi) is 4.09. The molecule has 0 saturated heterocycles. The van der Waals surface area contributed by atoms with Gasteiger partial charge in [0.25, 0.3) is 0 Å². The van der Waals surface area contributed by atoms with E-state index in [0.717, 1.165) is 0 Å². The zero-order valence-electron chi connectivity index (χ0n) is 11.2. The van der Waals surface area contributed by atoms with Crippen LogP contribution in [0.3, 0.4) is 0 Å². The summed E-state index contributed by atoms with van der Waals surface area (Å²) in [7, 11) is -3.21. The number of amides is 1. The number of nitrogens with one attached hydrogen (secondary N) is 1. The molecule has 0 heterocycles. The summed E-state index contributed by atoms with van der Waals surface area (Å²) >= 11 is 0. The molecule has 0 unspecified atom stereocenters. The van der Waals surface area contributed by atoms with Gasteiger partial charge in [0, 0.05) is 18.4 Å². The maximum absolute atomic E-state index is 11.6. The Labute approximate surface area is 113 Å². The largest absolute Gasteiger partial charge is 0.397 e. The highest BCUT2D eigenvalue weighted by Crippen LogP contribution is 2.22. The van der Waals surface area contributed by atoms with E-state index in [-0.39, 0.29) is 6.54 Å². The number of carbonyl (C=O) groups excluding carboxylic acids is 1. The third kappa shape index (κ3) is 3.60. The van der Waals surface area contributed by atoms with Crippen LogP contribution in [0, 0.1) is 0 Å². The molecular formula is C12H19N3O3S. The number of hydrogen-bond acceptors (Lipinski definition) is 5. The predicted octanol–water partition coefficient (Wildman–Crippen LogP) is 0.603. The SMILES string of the molecule is CC(C)(CNc1cc(C(N)=O)ccc1N)S(C)(=O)=O. The van der Waals surface area contributed by atoms with Gasteiger partial charge in [-0.05, 0) is 32.0 Å². The van der Waals surface area contributed by atoms with Crippen LogP contribution >= 0.6 is 0 Å². The zero-order valence-corrected chi connectivity index (χ0v) is 12.0. The number of sulfone groups is 1. The van der Waals surface area contributed by atoms with Gasteiger partial charge in [-0.2, -0.15) is 0 Å². The fourth-order valence-electron chi connectivity index (χ4n) is 1.30. The number of primary amides is 1. The Bertz CT molecular complexity index is 594. The molecule has 19 heavy (non-hydrogen) atoms. The number of carbonyl (C=O) groups is 1. The van der Waals surface area contributed by atoms with E-state index < -0.39 is 20.5 Å². The number of nitrogens with two attached hydrogens (primary N) is 2. The third-order valence-corrected chi connectivity index (χ3v) is 5.20. The van der Waals surface area contributed by atoms with Gasteiger partial charge < -0.3 is 16.8 Å². The van der Waals surface area contributed by atoms with Crippen molar-refractivity contribution < 1.29 is 13.2 Å². The third-order valence-electron chi connectivity index (χ3n) is 3.05. The van der Waals surface area contributed by atoms with Crippen molar-refractivity contribution >= 4 is 27.1 Å². The van der Waals surface area contributed by atoms with Gasteiger partial charge in [-0.25, -0.2) is 8.42 Å². The summed E-state index contributed by atoms with van der Waals surface area (Å²) in [5.74, 6) is -0.564. The summed E-state index contributed by atoms with van der Waals surface area (Å²) in [5.41, 5.74) is 12.2. The molecule has 0 fully saturated rings. The molecule has 0 atom stereocenters. The molecule has 0 spiro atoms. The highest BCUT2D eigenvalue weighted by molar-refractivity contribution is 7.92. The van der Waals surface area contributed by atoms with Gasteiger partial charge in [0.05, 0.1) is 16.1 Å². The van der Waals surface area contributed by atoms with Crippen molar-refractivity contribution in [2.75, 3.05) is 23.9 Å². The van der Waals surface area contributed by atoms with Gasteiger partial charge in [-0.3, -0.25) is 4.79 Å². The second-order valence-corrected chi connectivity index (χ2v) is 7.70. The van der Waals surface area contributed by atoms with Crippen LogP contribution in [0.25, 0.3) is 0 Å². The lowest BCUT2D eigenvalue weighted by atomic mass is 10.1. The predicted molar refractivity (Wildman–Crippen MR) is 76.8 cm³/mol. The topological polar surface area (TPSA) is 115 Å². The summed E-state index contributed by atoms with van der Waals surface area (Å²) in [4.78, 5) is 11.1. The Morgan fingerprint density at radius 3 is 2.42 bits per heavy atom. The summed E-state index contributed by atoms with van der Waals surface area (Å²) in [6.07, 6.45) is 1.18. The summed E-state index contributed by atoms with van der Waals surface area (Å²) in [6.45, 7) is 3.41. The quantitative estimate of drug-likeness (QED) is 0.685. The van der Waals surface area contributed by atoms with Gasteiger partial charge in [-0.1, -0.05) is 0 Å². The van der Waals surface area contributed by atoms with E-state index in [1.807, 2.05) is 0 Å². The Morgan fingerprint density at radius 2 is 1.95 bits per heavy atom. The number of nitrogen functional groups attached to an aromatic ring is 1. The Morgan fingerprint density at radius 1 is 1.37 bits per heavy atom. The fraction of sp³-hybridized carbons (Fsp3) is 0.417. The van der Waals surface area contributed by atoms with Crippen LogP contribution in [-0.4, -0.2) is 31.9 Å². The normalized spacial score (nSPS) is 12.2. The summed E-state index contributed by atoms with van der Waals surface area (Å²) in [6, 6.07) is 4.58. The minimum Gasteiger partial charge on any atom is -0.397 e. The minimum absolute atomic E-state index is 0.179. The van der Waals surface area contributed by atoms with Gasteiger partial charge >= 0.3 is 0 Å². The first-order valence-electron chi connectivity index (χ1n) is 5.67. The lowest BCUT2D eigenvalue weighted by Crippen LogP contribution is -2.38. The van der Waals surface area contributed by atoms with Crippen LogP contribution < -0.4 is 16.8 Å². The molecule has 0 aliphatic heterocycles. The summed E-state index contributed by atoms with van der Waals surface area (Å²) < 4.78 is 22.2. The number of hydrogen-bond donors (Lipinski definition) is 3. The molecule has 0 radical (unpaired) electrons. The molecule has 0 aliphatic rings. The van der Waals surface area contributed by atoms with Gasteiger partial charge in [0.15, 0.2) is 9.84 Å². The highest BCUT2D eigenvalue weighted by atomic mass is 32.2. The standard InChI is InChI=1S/C12H19N3O3S/c1-12(2,19(3,17)18)7-15-10-6-8(11(14)16)4-5-9(10)13/h4-6,15H,7,13H2,1-3H3,(H2,14,16). The monoisotopic (exact) mass is 285 g/mol. The molecule has 1 aromatic rings. The maximum Gasteiger partial charge on any atom is 0.248 e. The van der Waals surface area contributed by atoms with Gasteiger partial charge in [0.2, 0.25) is 5.91 Å². The van der Waals surface area contributed by atoms with Crippen molar-refractivity contribution in [3.8, 4) is 0 Å². The second kappa shape index (κ2) is 5.08. The average Bonchev–Trinajstić information content (AvgIpc) is 2.26. The van der Waals surface area contributed by atoms with E-state index in [4.69, 9.17) is 11.5 Å². The Hall–Kier alpha value is -1.76. The summed E-state index contributed by atoms with van der Waals surface area (Å²) in [5, 5.41) is 2.94. The van der Waals surface area contributed by atoms with Crippen LogP contribution in [0.2, 0.25) is 0 Å². The van der Waals surface area contributed by atoms with Crippen molar-refractivity contribution in [1.82, 2.24) is 0 Å². The molecule has 0 aromatic heterocycles. The molecule has 1 amide bonds. The molecule has 5 N–H and O–H groups in total. The first-order valence-corrected chi connectivity index (χ1v) is 7.56. The van der Waals surface area contributed by atoms with Crippen LogP contribution in [0.4, 0.5) is 11.4 Å². The van der Waals surface area contributed by atoms with E-state index in [1.165, 1.54) is 18.4 Å². The van der Waals surface area contributed by atoms with Crippen LogP contribution in [-0.2, 0) is 9.84 Å². The number of rotatable bonds is 5. The highest BCUT2D eigenvalue weighted by Gasteiger charge is 2.30. The molecule has 7 heteroatoms. The van der Waals surface area contributed by atoms with Crippen molar-refractivity contribution in [3.05, 3.63) is 23.8 Å². The van der Waals surface area contributed by atoms with E-state index in [1.54, 1.807) is 19.9 Å². The fourth-order valence-corrected chi connectivity index (χ4v) is 1.64. The molecule has 0 aliphatic carbocycles. The molecular weight excluding hydrogens is 266 g/mol. The van der Waals surface area contributed by atoms with Crippen molar-refractivity contribution in [2.45, 2.75) is 18.6 Å². The Balaban J connectivity index is 2.95. The molecule has 6 nitrogen and oxygen atoms in total. The molecule has 106 valence electrons. The molecule has 0 bridgehead atoms. The van der Waals surface area contributed by atoms with Crippen LogP contribution in [0.15, 0.2) is 18.2 Å². The van der Waals surface area contributed by atoms with E-state index in [0.29, 0.717) is 16.9 Å². The molecule has 1 rings (SSSR count). The van der Waals surface area contributed by atoms with Crippen molar-refractivity contribution in [1.29, 1.82) is 0 Å². The van der Waals surface area contributed by atoms with E-state index in [2.05, 4.69) is 5.32 Å². The minimum atomic E-state index is -3.21. The number of benzene rings is 1.